The first-order chi connectivity index (χ1) is 11.2. The van der Waals surface area contributed by atoms with Crippen molar-refractivity contribution in [3.8, 4) is 6.07 Å². The molecule has 0 saturated carbocycles. The van der Waals surface area contributed by atoms with Crippen molar-refractivity contribution in [2.75, 3.05) is 0 Å². The van der Waals surface area contributed by atoms with Gasteiger partial charge in [-0.25, -0.2) is 4.99 Å². The summed E-state index contributed by atoms with van der Waals surface area (Å²) in [5.41, 5.74) is 3.12. The highest BCUT2D eigenvalue weighted by Gasteiger charge is 2.23. The molecule has 2 nitrogen and oxygen atoms in total. The average Bonchev–Trinajstić information content (AvgIpc) is 2.90. The first-order valence-corrected chi connectivity index (χ1v) is 9.29. The van der Waals surface area contributed by atoms with E-state index in [4.69, 9.17) is 0 Å². The molecule has 1 atom stereocenters. The number of thiophene rings is 1. The van der Waals surface area contributed by atoms with Crippen molar-refractivity contribution in [3.05, 3.63) is 56.4 Å². The van der Waals surface area contributed by atoms with E-state index >= 15 is 0 Å². The van der Waals surface area contributed by atoms with Crippen molar-refractivity contribution < 1.29 is 0 Å². The summed E-state index contributed by atoms with van der Waals surface area (Å²) >= 11 is 5.20. The maximum absolute atomic E-state index is 9.49. The van der Waals surface area contributed by atoms with E-state index in [-0.39, 0.29) is 0 Å². The van der Waals surface area contributed by atoms with Gasteiger partial charge in [-0.15, -0.1) is 11.3 Å². The zero-order valence-corrected chi connectivity index (χ0v) is 15.3. The molecule has 0 radical (unpaired) electrons. The molecule has 4 heteroatoms. The molecule has 0 fully saturated rings. The molecule has 0 saturated heterocycles. The predicted molar refractivity (Wildman–Crippen MR) is 102 cm³/mol. The van der Waals surface area contributed by atoms with Crippen LogP contribution in [0.25, 0.3) is 6.08 Å². The molecule has 3 rings (SSSR count). The fourth-order valence-electron chi connectivity index (χ4n) is 2.81. The lowest BCUT2D eigenvalue weighted by Crippen LogP contribution is -2.09. The highest BCUT2D eigenvalue weighted by atomic mass is 79.9. The van der Waals surface area contributed by atoms with Crippen molar-refractivity contribution in [1.29, 1.82) is 5.26 Å². The predicted octanol–water partition coefficient (Wildman–Crippen LogP) is 5.88. The number of benzene rings is 1. The van der Waals surface area contributed by atoms with Crippen molar-refractivity contribution >= 4 is 44.6 Å². The smallest absolute Gasteiger partial charge is 0.134 e. The van der Waals surface area contributed by atoms with Crippen LogP contribution >= 0.6 is 27.3 Å². The summed E-state index contributed by atoms with van der Waals surface area (Å²) in [6.07, 6.45) is 7.05. The number of hydrogen-bond acceptors (Lipinski definition) is 3. The van der Waals surface area contributed by atoms with Crippen LogP contribution in [0.4, 0.5) is 5.00 Å². The lowest BCUT2D eigenvalue weighted by atomic mass is 9.89. The van der Waals surface area contributed by atoms with E-state index in [1.807, 2.05) is 36.4 Å². The summed E-state index contributed by atoms with van der Waals surface area (Å²) in [6.45, 7) is 2.27. The molecule has 1 unspecified atom stereocenters. The van der Waals surface area contributed by atoms with Crippen LogP contribution in [0.3, 0.4) is 0 Å². The van der Waals surface area contributed by atoms with Gasteiger partial charge < -0.3 is 0 Å². The molecule has 1 heterocycles. The van der Waals surface area contributed by atoms with E-state index in [0.29, 0.717) is 5.92 Å². The molecule has 0 bridgehead atoms. The Labute approximate surface area is 149 Å². The van der Waals surface area contributed by atoms with Crippen LogP contribution in [0, 0.1) is 17.2 Å². The molecule has 1 aliphatic carbocycles. The number of aliphatic imine (C=N–C) groups is 1. The van der Waals surface area contributed by atoms with Gasteiger partial charge in [-0.2, -0.15) is 5.26 Å². The van der Waals surface area contributed by atoms with Gasteiger partial charge in [0, 0.05) is 15.6 Å². The van der Waals surface area contributed by atoms with E-state index in [0.717, 1.165) is 33.5 Å². The van der Waals surface area contributed by atoms with Gasteiger partial charge in [0.25, 0.3) is 0 Å². The zero-order valence-electron chi connectivity index (χ0n) is 12.9. The van der Waals surface area contributed by atoms with Gasteiger partial charge in [0.15, 0.2) is 0 Å². The Morgan fingerprint density at radius 3 is 2.91 bits per heavy atom. The summed E-state index contributed by atoms with van der Waals surface area (Å²) in [5.74, 6) is 0.703. The van der Waals surface area contributed by atoms with Gasteiger partial charge >= 0.3 is 0 Å². The van der Waals surface area contributed by atoms with Crippen LogP contribution in [0.2, 0.25) is 0 Å². The Bertz CT molecular complexity index is 797. The molecule has 1 aliphatic rings. The summed E-state index contributed by atoms with van der Waals surface area (Å²) in [5, 5.41) is 10.3. The quantitative estimate of drug-likeness (QED) is 0.608. The number of fused-ring (bicyclic) bond motifs is 1. The number of nitriles is 1. The van der Waals surface area contributed by atoms with Gasteiger partial charge in [-0.1, -0.05) is 37.3 Å². The van der Waals surface area contributed by atoms with E-state index in [1.54, 1.807) is 17.6 Å². The van der Waals surface area contributed by atoms with Crippen LogP contribution in [0.15, 0.2) is 39.8 Å². The number of rotatable bonds is 3. The van der Waals surface area contributed by atoms with Crippen LogP contribution in [0.1, 0.15) is 34.9 Å². The highest BCUT2D eigenvalue weighted by molar-refractivity contribution is 9.12. The monoisotopic (exact) mass is 384 g/mol. The molecule has 2 aromatic rings. The SMILES string of the molecule is CC1CCc2c(sc(/N=C/C(Br)=C/c3ccccc3)c2C#N)C1. The number of halogens is 1. The number of hydrogen-bond donors (Lipinski definition) is 0. The topological polar surface area (TPSA) is 36.1 Å². The molecule has 23 heavy (non-hydrogen) atoms. The lowest BCUT2D eigenvalue weighted by molar-refractivity contribution is 0.507. The van der Waals surface area contributed by atoms with Gasteiger partial charge in [-0.3, -0.25) is 0 Å². The third kappa shape index (κ3) is 3.80. The first-order valence-electron chi connectivity index (χ1n) is 7.68. The second-order valence-corrected chi connectivity index (χ2v) is 7.84. The van der Waals surface area contributed by atoms with Crippen LogP contribution in [-0.4, -0.2) is 6.21 Å². The van der Waals surface area contributed by atoms with Gasteiger partial charge in [0.05, 0.1) is 5.56 Å². The molecule has 116 valence electrons. The van der Waals surface area contributed by atoms with Crippen LogP contribution < -0.4 is 0 Å². The third-order valence-corrected chi connectivity index (χ3v) is 5.61. The Hall–Kier alpha value is -1.70. The Morgan fingerprint density at radius 1 is 1.39 bits per heavy atom. The molecular weight excluding hydrogens is 368 g/mol. The second kappa shape index (κ2) is 7.25. The molecular formula is C19H17BrN2S. The van der Waals surface area contributed by atoms with Gasteiger partial charge in [0.1, 0.15) is 11.1 Å². The molecule has 1 aromatic heterocycles. The van der Waals surface area contributed by atoms with E-state index in [1.165, 1.54) is 16.9 Å². The van der Waals surface area contributed by atoms with Crippen molar-refractivity contribution in [2.45, 2.75) is 26.2 Å². The Balaban J connectivity index is 1.86. The Morgan fingerprint density at radius 2 is 2.17 bits per heavy atom. The number of nitrogens with zero attached hydrogens (tertiary/aromatic N) is 2. The summed E-state index contributed by atoms with van der Waals surface area (Å²) in [6, 6.07) is 12.4. The molecule has 0 aliphatic heterocycles. The van der Waals surface area contributed by atoms with Crippen molar-refractivity contribution in [2.24, 2.45) is 10.9 Å². The maximum Gasteiger partial charge on any atom is 0.134 e. The normalized spacial score (nSPS) is 18.0. The van der Waals surface area contributed by atoms with Gasteiger partial charge in [-0.05, 0) is 58.3 Å². The fraction of sp³-hybridized carbons (Fsp3) is 0.263. The average molecular weight is 385 g/mol. The highest BCUT2D eigenvalue weighted by Crippen LogP contribution is 2.40. The molecule has 0 spiro atoms. The fourth-order valence-corrected chi connectivity index (χ4v) is 4.48. The largest absolute Gasteiger partial charge is 0.243 e. The standard InChI is InChI=1S/C19H17BrN2S/c1-13-7-8-16-17(11-21)19(23-18(16)9-13)22-12-15(20)10-14-5-3-2-4-6-14/h2-6,10,12-13H,7-9H2,1H3/b15-10-,22-12+. The van der Waals surface area contributed by atoms with Crippen molar-refractivity contribution in [1.82, 2.24) is 0 Å². The van der Waals surface area contributed by atoms with E-state index in [9.17, 15) is 5.26 Å². The van der Waals surface area contributed by atoms with E-state index < -0.39 is 0 Å². The van der Waals surface area contributed by atoms with Crippen LogP contribution in [-0.2, 0) is 12.8 Å². The molecule has 1 aromatic carbocycles. The summed E-state index contributed by atoms with van der Waals surface area (Å²) in [7, 11) is 0. The molecule has 0 N–H and O–H groups in total. The van der Waals surface area contributed by atoms with Crippen LogP contribution in [0.5, 0.6) is 0 Å². The lowest BCUT2D eigenvalue weighted by Gasteiger charge is -2.17. The summed E-state index contributed by atoms with van der Waals surface area (Å²) < 4.78 is 0.896. The third-order valence-electron chi connectivity index (χ3n) is 4.01. The minimum absolute atomic E-state index is 0.703. The summed E-state index contributed by atoms with van der Waals surface area (Å²) in [4.78, 5) is 5.90. The maximum atomic E-state index is 9.49. The minimum atomic E-state index is 0.703. The molecule has 0 amide bonds. The number of allylic oxidation sites excluding steroid dienone is 1. The Kier molecular flexibility index (Phi) is 5.09. The van der Waals surface area contributed by atoms with Gasteiger partial charge in [0.2, 0.25) is 0 Å². The van der Waals surface area contributed by atoms with Crippen molar-refractivity contribution in [3.63, 3.8) is 0 Å². The first kappa shape index (κ1) is 16.2. The van der Waals surface area contributed by atoms with E-state index in [2.05, 4.69) is 33.9 Å². The zero-order chi connectivity index (χ0) is 16.2. The second-order valence-electron chi connectivity index (χ2n) is 5.84. The minimum Gasteiger partial charge on any atom is -0.243 e.